The smallest absolute Gasteiger partial charge is 0.134 e. The minimum atomic E-state index is 0.515. The Morgan fingerprint density at radius 1 is 1.57 bits per heavy atom. The third-order valence-electron chi connectivity index (χ3n) is 2.18. The summed E-state index contributed by atoms with van der Waals surface area (Å²) in [6.45, 7) is 4.32. The maximum atomic E-state index is 5.82. The number of hydrogen-bond acceptors (Lipinski definition) is 4. The second kappa shape index (κ2) is 4.36. The van der Waals surface area contributed by atoms with Crippen LogP contribution >= 0.6 is 23.4 Å². The monoisotopic (exact) mass is 229 g/mol. The molecule has 0 saturated carbocycles. The fraction of sp³-hybridized carbons (Fsp3) is 0.556. The lowest BCUT2D eigenvalue weighted by atomic mass is 10.3. The van der Waals surface area contributed by atoms with E-state index < -0.39 is 0 Å². The Balaban J connectivity index is 2.14. The topological polar surface area (TPSA) is 29.0 Å². The van der Waals surface area contributed by atoms with Gasteiger partial charge in [-0.1, -0.05) is 18.5 Å². The molecule has 0 radical (unpaired) electrons. The van der Waals surface area contributed by atoms with Crippen molar-refractivity contribution in [1.29, 1.82) is 0 Å². The van der Waals surface area contributed by atoms with Crippen molar-refractivity contribution in [2.45, 2.75) is 12.2 Å². The van der Waals surface area contributed by atoms with Crippen LogP contribution in [-0.4, -0.2) is 34.1 Å². The normalized spacial score (nSPS) is 22.4. The molecular weight excluding hydrogens is 218 g/mol. The molecule has 2 heterocycles. The molecule has 0 spiro atoms. The summed E-state index contributed by atoms with van der Waals surface area (Å²) >= 11 is 7.82. The number of aromatic nitrogens is 2. The third-order valence-corrected chi connectivity index (χ3v) is 3.53. The van der Waals surface area contributed by atoms with Crippen LogP contribution in [0.15, 0.2) is 12.4 Å². The minimum Gasteiger partial charge on any atom is -0.355 e. The molecular formula is C9H12ClN3S. The van der Waals surface area contributed by atoms with E-state index in [9.17, 15) is 0 Å². The molecule has 3 nitrogen and oxygen atoms in total. The van der Waals surface area contributed by atoms with Crippen LogP contribution in [-0.2, 0) is 0 Å². The van der Waals surface area contributed by atoms with Crippen LogP contribution < -0.4 is 4.90 Å². The van der Waals surface area contributed by atoms with Crippen molar-refractivity contribution in [2.24, 2.45) is 0 Å². The summed E-state index contributed by atoms with van der Waals surface area (Å²) in [6, 6.07) is 1.82. The standard InChI is InChI=1S/C9H12ClN3S/c1-7-5-13(2-3-14-7)9-4-8(10)11-6-12-9/h4,6-7H,2-3,5H2,1H3. The Bertz CT molecular complexity index is 321. The highest BCUT2D eigenvalue weighted by atomic mass is 35.5. The molecule has 76 valence electrons. The van der Waals surface area contributed by atoms with Crippen molar-refractivity contribution >= 4 is 29.2 Å². The molecule has 0 amide bonds. The van der Waals surface area contributed by atoms with Crippen molar-refractivity contribution in [1.82, 2.24) is 9.97 Å². The number of halogens is 1. The molecule has 1 saturated heterocycles. The van der Waals surface area contributed by atoms with Crippen molar-refractivity contribution in [2.75, 3.05) is 23.7 Å². The van der Waals surface area contributed by atoms with E-state index in [1.54, 1.807) is 0 Å². The van der Waals surface area contributed by atoms with Crippen LogP contribution in [0.3, 0.4) is 0 Å². The van der Waals surface area contributed by atoms with Gasteiger partial charge in [0.1, 0.15) is 17.3 Å². The van der Waals surface area contributed by atoms with Gasteiger partial charge in [-0.15, -0.1) is 0 Å². The van der Waals surface area contributed by atoms with Gasteiger partial charge < -0.3 is 4.90 Å². The number of hydrogen-bond donors (Lipinski definition) is 0. The van der Waals surface area contributed by atoms with Gasteiger partial charge in [0.05, 0.1) is 0 Å². The van der Waals surface area contributed by atoms with Crippen molar-refractivity contribution in [3.05, 3.63) is 17.5 Å². The van der Waals surface area contributed by atoms with E-state index in [1.165, 1.54) is 6.33 Å². The van der Waals surface area contributed by atoms with Crippen LogP contribution in [0.1, 0.15) is 6.92 Å². The lowest BCUT2D eigenvalue weighted by molar-refractivity contribution is 0.768. The van der Waals surface area contributed by atoms with Gasteiger partial charge >= 0.3 is 0 Å². The van der Waals surface area contributed by atoms with Crippen LogP contribution in [0.2, 0.25) is 5.15 Å². The van der Waals surface area contributed by atoms with Crippen LogP contribution in [0.5, 0.6) is 0 Å². The molecule has 14 heavy (non-hydrogen) atoms. The summed E-state index contributed by atoms with van der Waals surface area (Å²) in [6.07, 6.45) is 1.52. The van der Waals surface area contributed by atoms with Crippen LogP contribution in [0.25, 0.3) is 0 Å². The quantitative estimate of drug-likeness (QED) is 0.690. The fourth-order valence-electron chi connectivity index (χ4n) is 1.52. The molecule has 2 rings (SSSR count). The number of anilines is 1. The first-order valence-corrected chi connectivity index (χ1v) is 6.02. The molecule has 1 aliphatic rings. The van der Waals surface area contributed by atoms with Gasteiger partial charge in [-0.3, -0.25) is 0 Å². The first kappa shape index (κ1) is 10.1. The first-order valence-electron chi connectivity index (χ1n) is 4.60. The van der Waals surface area contributed by atoms with E-state index >= 15 is 0 Å². The maximum Gasteiger partial charge on any atom is 0.134 e. The average molecular weight is 230 g/mol. The van der Waals surface area contributed by atoms with E-state index in [1.807, 2.05) is 17.8 Å². The second-order valence-electron chi connectivity index (χ2n) is 3.33. The van der Waals surface area contributed by atoms with Crippen LogP contribution in [0.4, 0.5) is 5.82 Å². The van der Waals surface area contributed by atoms with E-state index in [4.69, 9.17) is 11.6 Å². The summed E-state index contributed by atoms with van der Waals surface area (Å²) in [5.74, 6) is 2.10. The summed E-state index contributed by atoms with van der Waals surface area (Å²) < 4.78 is 0. The van der Waals surface area contributed by atoms with Gasteiger partial charge in [0.15, 0.2) is 0 Å². The Kier molecular flexibility index (Phi) is 3.13. The van der Waals surface area contributed by atoms with Gasteiger partial charge in [0.2, 0.25) is 0 Å². The Morgan fingerprint density at radius 2 is 2.43 bits per heavy atom. The first-order chi connectivity index (χ1) is 6.75. The lowest BCUT2D eigenvalue weighted by Gasteiger charge is -2.31. The van der Waals surface area contributed by atoms with E-state index in [-0.39, 0.29) is 0 Å². The highest BCUT2D eigenvalue weighted by Gasteiger charge is 2.17. The molecule has 0 aliphatic carbocycles. The Morgan fingerprint density at radius 3 is 3.14 bits per heavy atom. The summed E-state index contributed by atoms with van der Waals surface area (Å²) in [5.41, 5.74) is 0. The molecule has 0 bridgehead atoms. The molecule has 5 heteroatoms. The molecule has 1 fully saturated rings. The SMILES string of the molecule is CC1CN(c2cc(Cl)ncn2)CCS1. The zero-order valence-corrected chi connectivity index (χ0v) is 9.55. The number of nitrogens with zero attached hydrogens (tertiary/aromatic N) is 3. The van der Waals surface area contributed by atoms with Gasteiger partial charge in [-0.05, 0) is 0 Å². The largest absolute Gasteiger partial charge is 0.355 e. The molecule has 0 aromatic carbocycles. The highest BCUT2D eigenvalue weighted by Crippen LogP contribution is 2.22. The van der Waals surface area contributed by atoms with Crippen LogP contribution in [0, 0.1) is 0 Å². The zero-order chi connectivity index (χ0) is 9.97. The Labute approximate surface area is 92.9 Å². The highest BCUT2D eigenvalue weighted by molar-refractivity contribution is 8.00. The molecule has 1 unspecified atom stereocenters. The van der Waals surface area contributed by atoms with E-state index in [2.05, 4.69) is 21.8 Å². The fourth-order valence-corrected chi connectivity index (χ4v) is 2.68. The molecule has 0 N–H and O–H groups in total. The predicted molar refractivity (Wildman–Crippen MR) is 61.2 cm³/mol. The number of thioether (sulfide) groups is 1. The molecule has 1 aromatic rings. The van der Waals surface area contributed by atoms with E-state index in [0.29, 0.717) is 10.4 Å². The van der Waals surface area contributed by atoms with Crippen molar-refractivity contribution < 1.29 is 0 Å². The second-order valence-corrected chi connectivity index (χ2v) is 5.26. The predicted octanol–water partition coefficient (Wildman–Crippen LogP) is 2.07. The molecule has 1 aliphatic heterocycles. The summed E-state index contributed by atoms with van der Waals surface area (Å²) in [7, 11) is 0. The van der Waals surface area contributed by atoms with Crippen molar-refractivity contribution in [3.63, 3.8) is 0 Å². The molecule has 1 atom stereocenters. The summed E-state index contributed by atoms with van der Waals surface area (Å²) in [4.78, 5) is 10.4. The lowest BCUT2D eigenvalue weighted by Crippen LogP contribution is -2.37. The van der Waals surface area contributed by atoms with Gasteiger partial charge in [-0.25, -0.2) is 9.97 Å². The van der Waals surface area contributed by atoms with Gasteiger partial charge in [0, 0.05) is 30.2 Å². The number of rotatable bonds is 1. The van der Waals surface area contributed by atoms with E-state index in [0.717, 1.165) is 24.7 Å². The summed E-state index contributed by atoms with van der Waals surface area (Å²) in [5, 5.41) is 1.18. The third kappa shape index (κ3) is 2.30. The minimum absolute atomic E-state index is 0.515. The Hall–Kier alpha value is -0.480. The van der Waals surface area contributed by atoms with Gasteiger partial charge in [-0.2, -0.15) is 11.8 Å². The van der Waals surface area contributed by atoms with Crippen molar-refractivity contribution in [3.8, 4) is 0 Å². The molecule has 1 aromatic heterocycles. The average Bonchev–Trinajstić information content (AvgIpc) is 2.18. The van der Waals surface area contributed by atoms with Gasteiger partial charge in [0.25, 0.3) is 0 Å². The maximum absolute atomic E-state index is 5.82. The zero-order valence-electron chi connectivity index (χ0n) is 7.98.